The molecule has 0 radical (unpaired) electrons. The van der Waals surface area contributed by atoms with Crippen molar-refractivity contribution >= 4 is 17.3 Å². The van der Waals surface area contributed by atoms with Crippen molar-refractivity contribution < 1.29 is 14.6 Å². The van der Waals surface area contributed by atoms with Gasteiger partial charge in [-0.05, 0) is 18.4 Å². The van der Waals surface area contributed by atoms with Crippen LogP contribution < -0.4 is 0 Å². The van der Waals surface area contributed by atoms with Gasteiger partial charge in [0.15, 0.2) is 6.10 Å². The van der Waals surface area contributed by atoms with Crippen molar-refractivity contribution in [2.75, 3.05) is 7.11 Å². The SMILES string of the molecule is COC(C(=O)O)c1csc(C)c1. The van der Waals surface area contributed by atoms with Crippen molar-refractivity contribution in [3.8, 4) is 0 Å². The standard InChI is InChI=1S/C8H10O3S/c1-5-3-6(4-12-5)7(11-2)8(9)10/h3-4,7H,1-2H3,(H,9,10). The summed E-state index contributed by atoms with van der Waals surface area (Å²) in [6.45, 7) is 1.93. The maximum atomic E-state index is 10.6. The molecule has 1 rings (SSSR count). The molecule has 0 saturated carbocycles. The molecule has 1 heterocycles. The number of thiophene rings is 1. The van der Waals surface area contributed by atoms with E-state index in [1.165, 1.54) is 18.4 Å². The second-order valence-electron chi connectivity index (χ2n) is 2.44. The van der Waals surface area contributed by atoms with Crippen LogP contribution in [0.15, 0.2) is 11.4 Å². The van der Waals surface area contributed by atoms with Gasteiger partial charge in [-0.15, -0.1) is 11.3 Å². The molecule has 0 aliphatic heterocycles. The Hall–Kier alpha value is -0.870. The fourth-order valence-electron chi connectivity index (χ4n) is 0.981. The zero-order valence-electron chi connectivity index (χ0n) is 6.90. The molecule has 1 unspecified atom stereocenters. The van der Waals surface area contributed by atoms with Crippen LogP contribution in [0.25, 0.3) is 0 Å². The molecule has 0 aliphatic rings. The highest BCUT2D eigenvalue weighted by Crippen LogP contribution is 2.22. The number of hydrogen-bond acceptors (Lipinski definition) is 3. The van der Waals surface area contributed by atoms with Crippen LogP contribution in [0.1, 0.15) is 16.5 Å². The van der Waals surface area contributed by atoms with Gasteiger partial charge in [0.2, 0.25) is 0 Å². The van der Waals surface area contributed by atoms with Gasteiger partial charge in [0, 0.05) is 17.6 Å². The molecule has 12 heavy (non-hydrogen) atoms. The molecule has 0 fully saturated rings. The minimum Gasteiger partial charge on any atom is -0.479 e. The van der Waals surface area contributed by atoms with Crippen LogP contribution in [0.3, 0.4) is 0 Å². The average Bonchev–Trinajstić information content (AvgIpc) is 2.37. The summed E-state index contributed by atoms with van der Waals surface area (Å²) in [6.07, 6.45) is -0.824. The summed E-state index contributed by atoms with van der Waals surface area (Å²) in [5, 5.41) is 10.5. The lowest BCUT2D eigenvalue weighted by Gasteiger charge is -2.06. The molecular formula is C8H10O3S. The zero-order valence-corrected chi connectivity index (χ0v) is 7.72. The van der Waals surface area contributed by atoms with Gasteiger partial charge < -0.3 is 9.84 Å². The lowest BCUT2D eigenvalue weighted by atomic mass is 10.2. The van der Waals surface area contributed by atoms with Crippen LogP contribution in [-0.4, -0.2) is 18.2 Å². The van der Waals surface area contributed by atoms with Gasteiger partial charge in [-0.2, -0.15) is 0 Å². The molecule has 1 atom stereocenters. The quantitative estimate of drug-likeness (QED) is 0.783. The zero-order chi connectivity index (χ0) is 9.14. The maximum Gasteiger partial charge on any atom is 0.337 e. The van der Waals surface area contributed by atoms with Gasteiger partial charge in [-0.3, -0.25) is 0 Å². The number of ether oxygens (including phenoxy) is 1. The molecule has 4 heteroatoms. The molecule has 1 aromatic heterocycles. The summed E-state index contributed by atoms with van der Waals surface area (Å²) in [5.74, 6) is -0.949. The van der Waals surface area contributed by atoms with E-state index >= 15 is 0 Å². The van der Waals surface area contributed by atoms with E-state index in [9.17, 15) is 4.79 Å². The van der Waals surface area contributed by atoms with E-state index in [2.05, 4.69) is 0 Å². The van der Waals surface area contributed by atoms with Crippen molar-refractivity contribution in [1.29, 1.82) is 0 Å². The molecule has 3 nitrogen and oxygen atoms in total. The Labute approximate surface area is 74.6 Å². The molecule has 0 spiro atoms. The summed E-state index contributed by atoms with van der Waals surface area (Å²) >= 11 is 1.52. The van der Waals surface area contributed by atoms with E-state index in [1.54, 1.807) is 5.38 Å². The van der Waals surface area contributed by atoms with Crippen molar-refractivity contribution in [2.24, 2.45) is 0 Å². The summed E-state index contributed by atoms with van der Waals surface area (Å²) in [7, 11) is 1.39. The Kier molecular flexibility index (Phi) is 2.83. The van der Waals surface area contributed by atoms with Crippen molar-refractivity contribution in [3.63, 3.8) is 0 Å². The number of carboxylic acids is 1. The number of aryl methyl sites for hydroxylation is 1. The Morgan fingerprint density at radius 2 is 2.42 bits per heavy atom. The van der Waals surface area contributed by atoms with Gasteiger partial charge >= 0.3 is 5.97 Å². The molecule has 0 bridgehead atoms. The summed E-state index contributed by atoms with van der Waals surface area (Å²) < 4.78 is 4.82. The maximum absolute atomic E-state index is 10.6. The molecule has 0 aliphatic carbocycles. The number of aliphatic carboxylic acids is 1. The molecule has 0 amide bonds. The number of carboxylic acid groups (broad SMARTS) is 1. The molecule has 0 aromatic carbocycles. The molecule has 1 aromatic rings. The third kappa shape index (κ3) is 1.84. The van der Waals surface area contributed by atoms with Gasteiger partial charge in [0.1, 0.15) is 0 Å². The van der Waals surface area contributed by atoms with E-state index < -0.39 is 12.1 Å². The predicted molar refractivity (Wildman–Crippen MR) is 46.4 cm³/mol. The van der Waals surface area contributed by atoms with Gasteiger partial charge in [-0.25, -0.2) is 4.79 Å². The largest absolute Gasteiger partial charge is 0.479 e. The van der Waals surface area contributed by atoms with Gasteiger partial charge in [0.25, 0.3) is 0 Å². The van der Waals surface area contributed by atoms with E-state index in [0.29, 0.717) is 5.56 Å². The van der Waals surface area contributed by atoms with Crippen LogP contribution in [0.4, 0.5) is 0 Å². The number of rotatable bonds is 3. The van der Waals surface area contributed by atoms with E-state index in [4.69, 9.17) is 9.84 Å². The normalized spacial score (nSPS) is 12.8. The number of hydrogen-bond donors (Lipinski definition) is 1. The lowest BCUT2D eigenvalue weighted by Crippen LogP contribution is -2.12. The summed E-state index contributed by atoms with van der Waals surface area (Å²) in [5.41, 5.74) is 0.715. The Balaban J connectivity index is 2.87. The molecule has 0 saturated heterocycles. The van der Waals surface area contributed by atoms with Crippen LogP contribution in [0.5, 0.6) is 0 Å². The number of carbonyl (C=O) groups is 1. The monoisotopic (exact) mass is 186 g/mol. The molecular weight excluding hydrogens is 176 g/mol. The Morgan fingerprint density at radius 1 is 1.75 bits per heavy atom. The summed E-state index contributed by atoms with van der Waals surface area (Å²) in [6, 6.07) is 1.83. The van der Waals surface area contributed by atoms with Gasteiger partial charge in [0.05, 0.1) is 0 Å². The van der Waals surface area contributed by atoms with Crippen molar-refractivity contribution in [1.82, 2.24) is 0 Å². The highest BCUT2D eigenvalue weighted by Gasteiger charge is 2.19. The van der Waals surface area contributed by atoms with E-state index in [1.807, 2.05) is 13.0 Å². The first-order valence-corrected chi connectivity index (χ1v) is 4.33. The van der Waals surface area contributed by atoms with Crippen LogP contribution in [0.2, 0.25) is 0 Å². The third-order valence-corrected chi connectivity index (χ3v) is 2.39. The first kappa shape index (κ1) is 9.22. The fourth-order valence-corrected chi connectivity index (χ4v) is 1.70. The van der Waals surface area contributed by atoms with Crippen LogP contribution in [0, 0.1) is 6.92 Å². The highest BCUT2D eigenvalue weighted by atomic mass is 32.1. The van der Waals surface area contributed by atoms with Crippen molar-refractivity contribution in [3.05, 3.63) is 21.9 Å². The molecule has 66 valence electrons. The lowest BCUT2D eigenvalue weighted by molar-refractivity contribution is -0.148. The topological polar surface area (TPSA) is 46.5 Å². The first-order valence-electron chi connectivity index (χ1n) is 3.45. The van der Waals surface area contributed by atoms with E-state index in [0.717, 1.165) is 4.88 Å². The highest BCUT2D eigenvalue weighted by molar-refractivity contribution is 7.10. The predicted octanol–water partition coefficient (Wildman–Crippen LogP) is 1.83. The van der Waals surface area contributed by atoms with Crippen LogP contribution in [-0.2, 0) is 9.53 Å². The first-order chi connectivity index (χ1) is 5.65. The smallest absolute Gasteiger partial charge is 0.337 e. The van der Waals surface area contributed by atoms with Crippen LogP contribution >= 0.6 is 11.3 Å². The average molecular weight is 186 g/mol. The summed E-state index contributed by atoms with van der Waals surface area (Å²) in [4.78, 5) is 11.7. The Bertz CT molecular complexity index is 280. The fraction of sp³-hybridized carbons (Fsp3) is 0.375. The second-order valence-corrected chi connectivity index (χ2v) is 3.56. The van der Waals surface area contributed by atoms with E-state index in [-0.39, 0.29) is 0 Å². The third-order valence-electron chi connectivity index (χ3n) is 1.51. The Morgan fingerprint density at radius 3 is 2.75 bits per heavy atom. The second kappa shape index (κ2) is 3.69. The molecule has 1 N–H and O–H groups in total. The minimum atomic E-state index is -0.949. The van der Waals surface area contributed by atoms with Crippen molar-refractivity contribution in [2.45, 2.75) is 13.0 Å². The number of methoxy groups -OCH3 is 1. The van der Waals surface area contributed by atoms with Gasteiger partial charge in [-0.1, -0.05) is 0 Å². The minimum absolute atomic E-state index is 0.715.